The van der Waals surface area contributed by atoms with Crippen LogP contribution in [0.15, 0.2) is 22.8 Å². The molecule has 0 aromatic rings. The topological polar surface area (TPSA) is 52.6 Å². The number of unbranched alkanes of at least 4 members (excludes halogenated alkanes) is 3. The Bertz CT molecular complexity index is 461. The van der Waals surface area contributed by atoms with Gasteiger partial charge in [0.15, 0.2) is 0 Å². The van der Waals surface area contributed by atoms with Crippen molar-refractivity contribution in [1.82, 2.24) is 0 Å². The van der Waals surface area contributed by atoms with Crippen molar-refractivity contribution in [2.24, 2.45) is 5.41 Å². The van der Waals surface area contributed by atoms with Crippen molar-refractivity contribution in [2.75, 3.05) is 14.2 Å². The van der Waals surface area contributed by atoms with Crippen LogP contribution in [0.3, 0.4) is 0 Å². The molecule has 0 amide bonds. The number of ether oxygens (including phenoxy) is 2. The molecule has 0 unspecified atom stereocenters. The normalized spacial score (nSPS) is 12.2. The van der Waals surface area contributed by atoms with Crippen molar-refractivity contribution in [3.8, 4) is 0 Å². The summed E-state index contributed by atoms with van der Waals surface area (Å²) in [6.45, 7) is 10.5. The summed E-state index contributed by atoms with van der Waals surface area (Å²) in [5.74, 6) is -1.08. The van der Waals surface area contributed by atoms with Gasteiger partial charge in [0.2, 0.25) is 0 Å². The third kappa shape index (κ3) is 8.30. The van der Waals surface area contributed by atoms with Crippen LogP contribution in [0, 0.1) is 5.41 Å². The first-order valence-corrected chi connectivity index (χ1v) is 18.6. The van der Waals surface area contributed by atoms with Crippen LogP contribution < -0.4 is 0 Å². The first-order chi connectivity index (χ1) is 13.4. The van der Waals surface area contributed by atoms with E-state index < -0.39 is 35.7 Å². The van der Waals surface area contributed by atoms with E-state index in [4.69, 9.17) is 9.47 Å². The number of hydrogen-bond acceptors (Lipinski definition) is 4. The molecule has 0 saturated heterocycles. The number of carbonyl (C=O) groups is 2. The molecule has 0 bridgehead atoms. The summed E-state index contributed by atoms with van der Waals surface area (Å²) in [7, 11) is 2.64. The van der Waals surface area contributed by atoms with E-state index in [0.717, 1.165) is 0 Å². The number of rotatable bonds is 16. The molecule has 0 radical (unpaired) electrons. The molecular weight excluding hydrogens is 459 g/mol. The molecule has 0 heterocycles. The average molecular weight is 501 g/mol. The predicted molar refractivity (Wildman–Crippen MR) is 120 cm³/mol. The van der Waals surface area contributed by atoms with Gasteiger partial charge in [-0.1, -0.05) is 0 Å². The van der Waals surface area contributed by atoms with Crippen molar-refractivity contribution in [2.45, 2.75) is 85.4 Å². The van der Waals surface area contributed by atoms with Crippen LogP contribution in [0.25, 0.3) is 0 Å². The van der Waals surface area contributed by atoms with Gasteiger partial charge >= 0.3 is 177 Å². The van der Waals surface area contributed by atoms with Gasteiger partial charge in [-0.2, -0.15) is 0 Å². The van der Waals surface area contributed by atoms with Gasteiger partial charge in [0.1, 0.15) is 0 Å². The summed E-state index contributed by atoms with van der Waals surface area (Å²) in [5.41, 5.74) is -1.32. The first kappa shape index (κ1) is 27.2. The molecule has 0 saturated carbocycles. The number of methoxy groups -OCH3 is 2. The SMILES string of the molecule is C=CCC(C/C=[CH]/[Sn]([CH2]CCC)([CH2]CCC)[CH2]CCC)(C(=O)OC)C(=O)OC. The molecule has 0 aliphatic carbocycles. The number of esters is 2. The molecule has 0 N–H and O–H groups in total. The summed E-state index contributed by atoms with van der Waals surface area (Å²) < 4.78 is 16.5. The fraction of sp³-hybridized carbons (Fsp3) is 0.739. The van der Waals surface area contributed by atoms with E-state index in [1.54, 1.807) is 6.08 Å². The third-order valence-electron chi connectivity index (χ3n) is 5.67. The Morgan fingerprint density at radius 3 is 1.61 bits per heavy atom. The van der Waals surface area contributed by atoms with Gasteiger partial charge in [0.25, 0.3) is 0 Å². The van der Waals surface area contributed by atoms with Crippen molar-refractivity contribution in [3.63, 3.8) is 0 Å². The molecule has 162 valence electrons. The minimum absolute atomic E-state index is 0.220. The van der Waals surface area contributed by atoms with Crippen molar-refractivity contribution in [3.05, 3.63) is 22.8 Å². The Kier molecular flexibility index (Phi) is 14.7. The van der Waals surface area contributed by atoms with E-state index in [0.29, 0.717) is 6.42 Å². The predicted octanol–water partition coefficient (Wildman–Crippen LogP) is 6.23. The van der Waals surface area contributed by atoms with Gasteiger partial charge in [-0.15, -0.1) is 0 Å². The summed E-state index contributed by atoms with van der Waals surface area (Å²) in [5, 5.41) is 0. The molecule has 0 aliphatic heterocycles. The Morgan fingerprint density at radius 2 is 1.29 bits per heavy atom. The van der Waals surface area contributed by atoms with Crippen LogP contribution in [0.1, 0.15) is 72.1 Å². The zero-order chi connectivity index (χ0) is 21.5. The van der Waals surface area contributed by atoms with Crippen LogP contribution in [-0.2, 0) is 19.1 Å². The second-order valence-electron chi connectivity index (χ2n) is 7.84. The Labute approximate surface area is 177 Å². The first-order valence-electron chi connectivity index (χ1n) is 10.9. The Balaban J connectivity index is 5.77. The zero-order valence-electron chi connectivity index (χ0n) is 18.9. The van der Waals surface area contributed by atoms with Crippen LogP contribution in [-0.4, -0.2) is 44.5 Å². The average Bonchev–Trinajstić information content (AvgIpc) is 2.72. The van der Waals surface area contributed by atoms with Gasteiger partial charge in [0.05, 0.1) is 0 Å². The van der Waals surface area contributed by atoms with E-state index in [-0.39, 0.29) is 6.42 Å². The molecule has 5 heteroatoms. The van der Waals surface area contributed by atoms with Crippen molar-refractivity contribution < 1.29 is 19.1 Å². The van der Waals surface area contributed by atoms with Gasteiger partial charge in [0, 0.05) is 0 Å². The third-order valence-corrected chi connectivity index (χ3v) is 19.9. The van der Waals surface area contributed by atoms with Crippen LogP contribution in [0.5, 0.6) is 0 Å². The fourth-order valence-electron chi connectivity index (χ4n) is 3.86. The molecule has 4 nitrogen and oxygen atoms in total. The molecule has 0 aromatic heterocycles. The minimum atomic E-state index is -2.46. The second kappa shape index (κ2) is 15.1. The van der Waals surface area contributed by atoms with E-state index in [1.165, 1.54) is 66.1 Å². The maximum atomic E-state index is 12.5. The van der Waals surface area contributed by atoms with Crippen LogP contribution in [0.2, 0.25) is 13.3 Å². The molecule has 0 rings (SSSR count). The zero-order valence-corrected chi connectivity index (χ0v) is 21.7. The quantitative estimate of drug-likeness (QED) is 0.109. The Morgan fingerprint density at radius 1 is 0.857 bits per heavy atom. The van der Waals surface area contributed by atoms with Gasteiger partial charge in [-0.25, -0.2) is 0 Å². The summed E-state index contributed by atoms with van der Waals surface area (Å²) in [6, 6.07) is 0. The summed E-state index contributed by atoms with van der Waals surface area (Å²) in [6.07, 6.45) is 11.7. The fourth-order valence-corrected chi connectivity index (χ4v) is 18.2. The number of hydrogen-bond donors (Lipinski definition) is 0. The van der Waals surface area contributed by atoms with Gasteiger partial charge in [-0.3, -0.25) is 0 Å². The van der Waals surface area contributed by atoms with E-state index in [9.17, 15) is 9.59 Å². The van der Waals surface area contributed by atoms with Crippen molar-refractivity contribution >= 4 is 30.3 Å². The van der Waals surface area contributed by atoms with Crippen molar-refractivity contribution in [1.29, 1.82) is 0 Å². The molecule has 0 spiro atoms. The van der Waals surface area contributed by atoms with Gasteiger partial charge in [-0.05, 0) is 0 Å². The monoisotopic (exact) mass is 502 g/mol. The number of carbonyl (C=O) groups excluding carboxylic acids is 2. The summed E-state index contributed by atoms with van der Waals surface area (Å²) >= 11 is -2.46. The second-order valence-corrected chi connectivity index (χ2v) is 20.8. The molecule has 28 heavy (non-hydrogen) atoms. The van der Waals surface area contributed by atoms with E-state index in [1.807, 2.05) is 0 Å². The molecule has 0 aliphatic rings. The standard InChI is InChI=1S/C11H15O4.3C4H9.Sn/c1-5-7-11(8-6-2,9(12)14-3)10(13)15-4;3*1-3-4-2;/h1,5-6H,2,7-8H2,3-4H3;3*1,3-4H2,2H3;. The Hall–Kier alpha value is -0.781. The van der Waals surface area contributed by atoms with Crippen LogP contribution >= 0.6 is 0 Å². The van der Waals surface area contributed by atoms with Gasteiger partial charge < -0.3 is 0 Å². The number of allylic oxidation sites excluding steroid dienone is 2. The molecule has 0 atom stereocenters. The molecule has 0 fully saturated rings. The maximum absolute atomic E-state index is 12.5. The summed E-state index contributed by atoms with van der Waals surface area (Å²) in [4.78, 5) is 25.0. The molecular formula is C23H42O4Sn. The van der Waals surface area contributed by atoms with E-state index >= 15 is 0 Å². The van der Waals surface area contributed by atoms with E-state index in [2.05, 4.69) is 37.5 Å². The van der Waals surface area contributed by atoms with Crippen LogP contribution in [0.4, 0.5) is 0 Å². The molecule has 0 aromatic carbocycles.